The second-order valence-electron chi connectivity index (χ2n) is 7.51. The summed E-state index contributed by atoms with van der Waals surface area (Å²) in [4.78, 5) is 50.0. The van der Waals surface area contributed by atoms with Crippen LogP contribution in [0.1, 0.15) is 69.4 Å². The van der Waals surface area contributed by atoms with Gasteiger partial charge < -0.3 is 15.8 Å². The molecule has 0 atom stereocenters. The number of anilines is 1. The molecule has 7 heteroatoms. The van der Waals surface area contributed by atoms with E-state index in [1.807, 2.05) is 20.8 Å². The fourth-order valence-electron chi connectivity index (χ4n) is 3.10. The Kier molecular flexibility index (Phi) is 5.24. The SMILES string of the molecule is CCC(C)(C)NC(=O)COC(=O)c1ccc2c(c1N)C(=O)c1ccccc1C2=O. The molecule has 0 saturated heterocycles. The van der Waals surface area contributed by atoms with Gasteiger partial charge in [0.15, 0.2) is 18.2 Å². The van der Waals surface area contributed by atoms with Crippen LogP contribution in [0, 0.1) is 0 Å². The average Bonchev–Trinajstić information content (AvgIpc) is 2.69. The summed E-state index contributed by atoms with van der Waals surface area (Å²) >= 11 is 0. The lowest BCUT2D eigenvalue weighted by molar-refractivity contribution is -0.125. The van der Waals surface area contributed by atoms with E-state index in [0.29, 0.717) is 12.0 Å². The predicted octanol–water partition coefficient (Wildman–Crippen LogP) is 2.51. The summed E-state index contributed by atoms with van der Waals surface area (Å²) in [7, 11) is 0. The smallest absolute Gasteiger partial charge is 0.340 e. The molecule has 0 unspecified atom stereocenters. The van der Waals surface area contributed by atoms with Crippen LogP contribution in [0.3, 0.4) is 0 Å². The van der Waals surface area contributed by atoms with Crippen LogP contribution in [0.5, 0.6) is 0 Å². The second-order valence-corrected chi connectivity index (χ2v) is 7.51. The van der Waals surface area contributed by atoms with Crippen molar-refractivity contribution in [3.63, 3.8) is 0 Å². The highest BCUT2D eigenvalue weighted by molar-refractivity contribution is 6.30. The fourth-order valence-corrected chi connectivity index (χ4v) is 3.10. The molecule has 2 aromatic carbocycles. The lowest BCUT2D eigenvalue weighted by atomic mass is 9.82. The molecule has 3 N–H and O–H groups in total. The highest BCUT2D eigenvalue weighted by Crippen LogP contribution is 2.32. The van der Waals surface area contributed by atoms with Gasteiger partial charge in [-0.1, -0.05) is 31.2 Å². The quantitative estimate of drug-likeness (QED) is 0.507. The van der Waals surface area contributed by atoms with Crippen molar-refractivity contribution in [1.29, 1.82) is 0 Å². The highest BCUT2D eigenvalue weighted by Gasteiger charge is 2.33. The number of ether oxygens (including phenoxy) is 1. The van der Waals surface area contributed by atoms with Crippen molar-refractivity contribution < 1.29 is 23.9 Å². The van der Waals surface area contributed by atoms with Gasteiger partial charge in [0.25, 0.3) is 5.91 Å². The van der Waals surface area contributed by atoms with Crippen LogP contribution >= 0.6 is 0 Å². The number of esters is 1. The number of hydrogen-bond donors (Lipinski definition) is 2. The largest absolute Gasteiger partial charge is 0.452 e. The third-order valence-electron chi connectivity index (χ3n) is 5.05. The van der Waals surface area contributed by atoms with E-state index in [0.717, 1.165) is 0 Å². The summed E-state index contributed by atoms with van der Waals surface area (Å²) in [6, 6.07) is 9.17. The lowest BCUT2D eigenvalue weighted by Crippen LogP contribution is -2.44. The van der Waals surface area contributed by atoms with Gasteiger partial charge in [-0.05, 0) is 32.4 Å². The Labute approximate surface area is 168 Å². The van der Waals surface area contributed by atoms with Crippen molar-refractivity contribution in [2.45, 2.75) is 32.7 Å². The third kappa shape index (κ3) is 3.76. The van der Waals surface area contributed by atoms with Crippen molar-refractivity contribution in [1.82, 2.24) is 5.32 Å². The topological polar surface area (TPSA) is 116 Å². The first-order valence-corrected chi connectivity index (χ1v) is 9.25. The van der Waals surface area contributed by atoms with Crippen molar-refractivity contribution in [3.8, 4) is 0 Å². The van der Waals surface area contributed by atoms with E-state index < -0.39 is 29.8 Å². The summed E-state index contributed by atoms with van der Waals surface area (Å²) in [5.74, 6) is -2.04. The number of carbonyl (C=O) groups excluding carboxylic acids is 4. The number of benzene rings is 2. The monoisotopic (exact) mass is 394 g/mol. The summed E-state index contributed by atoms with van der Waals surface area (Å²) in [6.07, 6.45) is 0.710. The molecule has 0 aromatic heterocycles. The zero-order valence-corrected chi connectivity index (χ0v) is 16.5. The molecule has 0 heterocycles. The first-order valence-electron chi connectivity index (χ1n) is 9.25. The molecule has 7 nitrogen and oxygen atoms in total. The minimum absolute atomic E-state index is 0.0142. The summed E-state index contributed by atoms with van der Waals surface area (Å²) in [5.41, 5.74) is 6.12. The number of nitrogens with two attached hydrogens (primary N) is 1. The van der Waals surface area contributed by atoms with E-state index in [-0.39, 0.29) is 33.7 Å². The number of ketones is 2. The van der Waals surface area contributed by atoms with E-state index in [2.05, 4.69) is 5.32 Å². The van der Waals surface area contributed by atoms with Crippen molar-refractivity contribution in [3.05, 3.63) is 64.2 Å². The van der Waals surface area contributed by atoms with Crippen LogP contribution in [0.25, 0.3) is 0 Å². The minimum Gasteiger partial charge on any atom is -0.452 e. The van der Waals surface area contributed by atoms with E-state index in [4.69, 9.17) is 10.5 Å². The standard InChI is InChI=1S/C22H22N2O5/c1-4-22(2,3)24-16(25)11-29-21(28)15-10-9-14-17(18(15)23)20(27)13-8-6-5-7-12(13)19(14)26/h5-10H,4,11,23H2,1-3H3,(H,24,25). The number of hydrogen-bond acceptors (Lipinski definition) is 6. The summed E-state index contributed by atoms with van der Waals surface area (Å²) < 4.78 is 5.06. The number of amides is 1. The van der Waals surface area contributed by atoms with Gasteiger partial charge in [0, 0.05) is 22.2 Å². The van der Waals surface area contributed by atoms with Crippen molar-refractivity contribution >= 4 is 29.1 Å². The normalized spacial score (nSPS) is 12.8. The second kappa shape index (κ2) is 7.50. The van der Waals surface area contributed by atoms with E-state index >= 15 is 0 Å². The lowest BCUT2D eigenvalue weighted by Gasteiger charge is -2.24. The van der Waals surface area contributed by atoms with E-state index in [1.165, 1.54) is 12.1 Å². The van der Waals surface area contributed by atoms with Gasteiger partial charge in [-0.3, -0.25) is 14.4 Å². The first-order chi connectivity index (χ1) is 13.7. The van der Waals surface area contributed by atoms with Gasteiger partial charge in [0.2, 0.25) is 0 Å². The van der Waals surface area contributed by atoms with Gasteiger partial charge in [-0.15, -0.1) is 0 Å². The Morgan fingerprint density at radius 1 is 1.00 bits per heavy atom. The van der Waals surface area contributed by atoms with Crippen LogP contribution in [-0.4, -0.2) is 35.6 Å². The molecule has 0 aliphatic heterocycles. The number of fused-ring (bicyclic) bond motifs is 2. The molecule has 3 rings (SSSR count). The Balaban J connectivity index is 1.84. The maximum Gasteiger partial charge on any atom is 0.340 e. The molecule has 150 valence electrons. The van der Waals surface area contributed by atoms with E-state index in [9.17, 15) is 19.2 Å². The van der Waals surface area contributed by atoms with Crippen molar-refractivity contribution in [2.75, 3.05) is 12.3 Å². The Morgan fingerprint density at radius 3 is 2.24 bits per heavy atom. The number of rotatable bonds is 5. The maximum absolute atomic E-state index is 12.9. The molecule has 29 heavy (non-hydrogen) atoms. The van der Waals surface area contributed by atoms with Gasteiger partial charge in [0.1, 0.15) is 0 Å². The zero-order chi connectivity index (χ0) is 21.3. The van der Waals surface area contributed by atoms with Crippen LogP contribution in [0.2, 0.25) is 0 Å². The Morgan fingerprint density at radius 2 is 1.62 bits per heavy atom. The zero-order valence-electron chi connectivity index (χ0n) is 16.5. The predicted molar refractivity (Wildman–Crippen MR) is 107 cm³/mol. The van der Waals surface area contributed by atoms with Gasteiger partial charge in [-0.2, -0.15) is 0 Å². The Bertz CT molecular complexity index is 1040. The third-order valence-corrected chi connectivity index (χ3v) is 5.05. The molecule has 0 spiro atoms. The molecule has 0 radical (unpaired) electrons. The van der Waals surface area contributed by atoms with Gasteiger partial charge in [-0.25, -0.2) is 4.79 Å². The molecule has 1 amide bonds. The van der Waals surface area contributed by atoms with Crippen LogP contribution in [0.15, 0.2) is 36.4 Å². The van der Waals surface area contributed by atoms with Crippen LogP contribution < -0.4 is 11.1 Å². The molecule has 1 aliphatic carbocycles. The average molecular weight is 394 g/mol. The number of carbonyl (C=O) groups is 4. The molecule has 0 fully saturated rings. The summed E-state index contributed by atoms with van der Waals surface area (Å²) in [6.45, 7) is 5.16. The fraction of sp³-hybridized carbons (Fsp3) is 0.273. The number of nitrogens with one attached hydrogen (secondary N) is 1. The Hall–Kier alpha value is -3.48. The molecular weight excluding hydrogens is 372 g/mol. The molecular formula is C22H22N2O5. The first kappa shape index (κ1) is 20.3. The molecule has 0 bridgehead atoms. The maximum atomic E-state index is 12.9. The number of nitrogen functional groups attached to an aromatic ring is 1. The van der Waals surface area contributed by atoms with Gasteiger partial charge in [0.05, 0.1) is 16.8 Å². The highest BCUT2D eigenvalue weighted by atomic mass is 16.5. The van der Waals surface area contributed by atoms with E-state index in [1.54, 1.807) is 24.3 Å². The van der Waals surface area contributed by atoms with Crippen molar-refractivity contribution in [2.24, 2.45) is 0 Å². The summed E-state index contributed by atoms with van der Waals surface area (Å²) in [5, 5.41) is 2.75. The van der Waals surface area contributed by atoms with Crippen LogP contribution in [-0.2, 0) is 9.53 Å². The minimum atomic E-state index is -0.839. The van der Waals surface area contributed by atoms with Crippen LogP contribution in [0.4, 0.5) is 5.69 Å². The molecule has 0 saturated carbocycles. The molecule has 1 aliphatic rings. The van der Waals surface area contributed by atoms with Gasteiger partial charge >= 0.3 is 5.97 Å². The molecule has 2 aromatic rings.